The van der Waals surface area contributed by atoms with E-state index in [4.69, 9.17) is 4.84 Å². The van der Waals surface area contributed by atoms with Crippen molar-refractivity contribution in [1.82, 2.24) is 0 Å². The van der Waals surface area contributed by atoms with Gasteiger partial charge in [0.15, 0.2) is 6.10 Å². The smallest absolute Gasteiger partial charge is 0.268 e. The number of benzene rings is 2. The molecule has 3 rings (SSSR count). The summed E-state index contributed by atoms with van der Waals surface area (Å²) in [6.45, 7) is 2.04. The highest BCUT2D eigenvalue weighted by atomic mass is 16.7. The maximum absolute atomic E-state index is 10.7. The number of nitro benzene ring substituents is 1. The number of rotatable bonds is 2. The molecule has 22 heavy (non-hydrogen) atoms. The maximum atomic E-state index is 10.7. The fraction of sp³-hybridized carbons (Fsp3) is 0.235. The quantitative estimate of drug-likeness (QED) is 0.483. The normalized spacial score (nSPS) is 19.1. The Kier molecular flexibility index (Phi) is 3.87. The van der Waals surface area contributed by atoms with Crippen LogP contribution in [-0.2, 0) is 11.3 Å². The summed E-state index contributed by atoms with van der Waals surface area (Å²) in [7, 11) is 0. The summed E-state index contributed by atoms with van der Waals surface area (Å²) >= 11 is 0. The van der Waals surface area contributed by atoms with Crippen LogP contribution in [-0.4, -0.2) is 22.0 Å². The topological polar surface area (TPSA) is 55.4 Å². The molecule has 0 fully saturated rings. The first-order valence-corrected chi connectivity index (χ1v) is 7.27. The van der Waals surface area contributed by atoms with Crippen LogP contribution >= 0.6 is 0 Å². The molecule has 0 saturated carbocycles. The largest absolute Gasteiger partial charge is 0.269 e. The molecule has 1 heterocycles. The Labute approximate surface area is 128 Å². The zero-order valence-corrected chi connectivity index (χ0v) is 12.3. The van der Waals surface area contributed by atoms with Crippen LogP contribution in [0.15, 0.2) is 48.5 Å². The van der Waals surface area contributed by atoms with Crippen LogP contribution in [0.25, 0.3) is 0 Å². The number of hydrogen-bond acceptors (Lipinski definition) is 3. The van der Waals surface area contributed by atoms with Crippen LogP contribution in [0.1, 0.15) is 24.5 Å². The third kappa shape index (κ3) is 2.98. The van der Waals surface area contributed by atoms with Crippen molar-refractivity contribution in [3.8, 4) is 0 Å². The Balaban J connectivity index is 1.99. The molecule has 0 N–H and O–H groups in total. The summed E-state index contributed by atoms with van der Waals surface area (Å²) in [4.78, 5) is 16.3. The van der Waals surface area contributed by atoms with E-state index in [2.05, 4.69) is 6.07 Å². The molecular weight excluding hydrogens is 280 g/mol. The zero-order valence-electron chi connectivity index (χ0n) is 12.3. The molecule has 2 aromatic carbocycles. The van der Waals surface area contributed by atoms with Gasteiger partial charge in [0.1, 0.15) is 0 Å². The fourth-order valence-electron chi connectivity index (χ4n) is 2.52. The van der Waals surface area contributed by atoms with E-state index in [1.54, 1.807) is 16.9 Å². The lowest BCUT2D eigenvalue weighted by molar-refractivity contribution is -0.735. The summed E-state index contributed by atoms with van der Waals surface area (Å²) in [5, 5.41) is 10.7. The van der Waals surface area contributed by atoms with Gasteiger partial charge in [0.2, 0.25) is 6.21 Å². The lowest BCUT2D eigenvalue weighted by Gasteiger charge is -2.05. The fourth-order valence-corrected chi connectivity index (χ4v) is 2.52. The Bertz CT molecular complexity index is 723. The lowest BCUT2D eigenvalue weighted by Crippen LogP contribution is -2.15. The second-order valence-corrected chi connectivity index (χ2v) is 5.39. The van der Waals surface area contributed by atoms with Crippen LogP contribution in [0.2, 0.25) is 0 Å². The van der Waals surface area contributed by atoms with Crippen LogP contribution in [0.3, 0.4) is 0 Å². The average molecular weight is 297 g/mol. The molecule has 0 radical (unpaired) electrons. The van der Waals surface area contributed by atoms with Gasteiger partial charge in [0.05, 0.1) is 4.92 Å². The van der Waals surface area contributed by atoms with E-state index in [0.29, 0.717) is 0 Å². The number of fused-ring (bicyclic) bond motifs is 1. The van der Waals surface area contributed by atoms with E-state index >= 15 is 0 Å². The third-order valence-electron chi connectivity index (χ3n) is 3.71. The molecule has 1 aliphatic heterocycles. The predicted molar refractivity (Wildman–Crippen MR) is 83.5 cm³/mol. The van der Waals surface area contributed by atoms with E-state index in [-0.39, 0.29) is 11.8 Å². The first-order chi connectivity index (χ1) is 10.6. The minimum Gasteiger partial charge on any atom is -0.268 e. The predicted octanol–water partition coefficient (Wildman–Crippen LogP) is 3.62. The van der Waals surface area contributed by atoms with Crippen molar-refractivity contribution < 1.29 is 14.5 Å². The molecule has 0 aromatic heterocycles. The van der Waals surface area contributed by atoms with Gasteiger partial charge < -0.3 is 0 Å². The Morgan fingerprint density at radius 2 is 1.95 bits per heavy atom. The zero-order chi connectivity index (χ0) is 15.5. The molecule has 0 bridgehead atoms. The highest BCUT2D eigenvalue weighted by Gasteiger charge is 2.24. The molecule has 0 amide bonds. The molecular formula is C17H17N2O3+. The molecule has 1 unspecified atom stereocenters. The van der Waals surface area contributed by atoms with E-state index in [1.807, 2.05) is 31.3 Å². The van der Waals surface area contributed by atoms with Gasteiger partial charge in [-0.15, -0.1) is 0 Å². The van der Waals surface area contributed by atoms with E-state index in [1.165, 1.54) is 17.7 Å². The van der Waals surface area contributed by atoms with Crippen LogP contribution in [0.4, 0.5) is 11.4 Å². The van der Waals surface area contributed by atoms with Crippen molar-refractivity contribution in [2.75, 3.05) is 0 Å². The van der Waals surface area contributed by atoms with Crippen molar-refractivity contribution in [2.24, 2.45) is 0 Å². The number of non-ortho nitro benzene ring substituents is 1. The Morgan fingerprint density at radius 3 is 2.68 bits per heavy atom. The minimum atomic E-state index is -0.399. The molecule has 1 aliphatic rings. The first kappa shape index (κ1) is 14.3. The summed E-state index contributed by atoms with van der Waals surface area (Å²) < 4.78 is 1.77. The summed E-state index contributed by atoms with van der Waals surface area (Å²) in [6.07, 6.45) is 3.91. The molecule has 5 heteroatoms. The number of aryl methyl sites for hydroxylation is 1. The van der Waals surface area contributed by atoms with Crippen molar-refractivity contribution in [2.45, 2.75) is 25.9 Å². The third-order valence-corrected chi connectivity index (χ3v) is 3.71. The summed E-state index contributed by atoms with van der Waals surface area (Å²) in [5.74, 6) is 0. The number of hydrogen-bond donors (Lipinski definition) is 0. The summed E-state index contributed by atoms with van der Waals surface area (Å²) in [5.41, 5.74) is 3.20. The van der Waals surface area contributed by atoms with E-state index in [9.17, 15) is 10.1 Å². The Morgan fingerprint density at radius 1 is 1.23 bits per heavy atom. The monoisotopic (exact) mass is 297 g/mol. The van der Waals surface area contributed by atoms with Gasteiger partial charge in [-0.2, -0.15) is 0 Å². The molecule has 2 aromatic rings. The van der Waals surface area contributed by atoms with Crippen LogP contribution in [0, 0.1) is 10.1 Å². The van der Waals surface area contributed by atoms with Gasteiger partial charge in [-0.1, -0.05) is 18.2 Å². The van der Waals surface area contributed by atoms with Gasteiger partial charge in [-0.3, -0.25) is 15.0 Å². The van der Waals surface area contributed by atoms with Crippen molar-refractivity contribution in [3.05, 3.63) is 69.8 Å². The van der Waals surface area contributed by atoms with Gasteiger partial charge in [-0.05, 0) is 31.9 Å². The highest BCUT2D eigenvalue weighted by Crippen LogP contribution is 2.26. The van der Waals surface area contributed by atoms with Gasteiger partial charge in [-0.25, -0.2) is 0 Å². The van der Waals surface area contributed by atoms with E-state index < -0.39 is 4.92 Å². The highest BCUT2D eigenvalue weighted by molar-refractivity contribution is 5.77. The standard InChI is InChI=1S/C17H17N2O3/c1-13-6-9-15-4-2-3-5-17(15)18(22-13)12-14-7-10-16(11-8-14)19(20)21/h2-5,7-8,10-13H,6,9H2,1H3/q+1/b18-12-. The molecule has 0 aliphatic carbocycles. The Hall–Kier alpha value is -2.69. The number of nitro groups is 1. The van der Waals surface area contributed by atoms with Crippen molar-refractivity contribution >= 4 is 17.6 Å². The van der Waals surface area contributed by atoms with Crippen LogP contribution in [0.5, 0.6) is 0 Å². The molecule has 0 spiro atoms. The molecule has 112 valence electrons. The second-order valence-electron chi connectivity index (χ2n) is 5.39. The SMILES string of the molecule is CC1CCc2ccccc2/[N+](=C/c2ccc([N+](=O)[O-])cc2)O1. The number of nitrogens with zero attached hydrogens (tertiary/aromatic N) is 2. The number of para-hydroxylation sites is 1. The van der Waals surface area contributed by atoms with Gasteiger partial charge in [0.25, 0.3) is 11.4 Å². The lowest BCUT2D eigenvalue weighted by atomic mass is 10.1. The first-order valence-electron chi connectivity index (χ1n) is 7.27. The van der Waals surface area contributed by atoms with Crippen molar-refractivity contribution in [1.29, 1.82) is 0 Å². The average Bonchev–Trinajstić information content (AvgIpc) is 2.68. The second kappa shape index (κ2) is 5.97. The minimum absolute atomic E-state index is 0.0858. The molecule has 1 atom stereocenters. The maximum Gasteiger partial charge on any atom is 0.269 e. The molecule has 0 saturated heterocycles. The summed E-state index contributed by atoms with van der Waals surface area (Å²) in [6, 6.07) is 14.6. The van der Waals surface area contributed by atoms with E-state index in [0.717, 1.165) is 24.1 Å². The van der Waals surface area contributed by atoms with Gasteiger partial charge >= 0.3 is 0 Å². The van der Waals surface area contributed by atoms with Crippen molar-refractivity contribution in [3.63, 3.8) is 0 Å². The molecule has 5 nitrogen and oxygen atoms in total. The van der Waals surface area contributed by atoms with Gasteiger partial charge in [0, 0.05) is 34.1 Å². The van der Waals surface area contributed by atoms with Crippen LogP contribution < -0.4 is 0 Å².